The Labute approximate surface area is 162 Å². The maximum Gasteiger partial charge on any atom is 0.320 e. The average molecular weight is 418 g/mol. The molecule has 2 aromatic rings. The Morgan fingerprint density at radius 2 is 1.96 bits per heavy atom. The molecule has 0 aromatic heterocycles. The number of benzene rings is 2. The van der Waals surface area contributed by atoms with Crippen molar-refractivity contribution in [1.29, 1.82) is 0 Å². The fraction of sp³-hybridized carbons (Fsp3) is 0.381. The number of aryl methyl sites for hydroxylation is 1. The number of likely N-dealkylation sites (tertiary alicyclic amines) is 1. The van der Waals surface area contributed by atoms with Crippen molar-refractivity contribution >= 4 is 21.9 Å². The predicted octanol–water partition coefficient (Wildman–Crippen LogP) is 4.79. The minimum atomic E-state index is -0.754. The normalized spacial score (nSPS) is 19.1. The first-order chi connectivity index (χ1) is 12.5. The van der Waals surface area contributed by atoms with Crippen LogP contribution in [0.4, 0.5) is 0 Å². The molecule has 4 nitrogen and oxygen atoms in total. The highest BCUT2D eigenvalue weighted by molar-refractivity contribution is 9.10. The molecule has 1 N–H and O–H groups in total. The van der Waals surface area contributed by atoms with Crippen molar-refractivity contribution in [2.75, 3.05) is 13.7 Å². The lowest BCUT2D eigenvalue weighted by atomic mass is 9.91. The zero-order valence-corrected chi connectivity index (χ0v) is 16.7. The van der Waals surface area contributed by atoms with Gasteiger partial charge in [-0.3, -0.25) is 9.69 Å². The van der Waals surface area contributed by atoms with Crippen LogP contribution < -0.4 is 4.74 Å². The summed E-state index contributed by atoms with van der Waals surface area (Å²) in [5.41, 5.74) is 3.25. The molecule has 2 aromatic carbocycles. The maximum atomic E-state index is 11.9. The van der Waals surface area contributed by atoms with Gasteiger partial charge >= 0.3 is 5.97 Å². The van der Waals surface area contributed by atoms with Crippen LogP contribution in [0.1, 0.15) is 42.0 Å². The lowest BCUT2D eigenvalue weighted by molar-refractivity contribution is -0.145. The smallest absolute Gasteiger partial charge is 0.320 e. The van der Waals surface area contributed by atoms with E-state index in [1.165, 1.54) is 5.56 Å². The summed E-state index contributed by atoms with van der Waals surface area (Å²) in [6.07, 6.45) is 2.63. The third kappa shape index (κ3) is 3.94. The molecule has 1 saturated heterocycles. The first-order valence-electron chi connectivity index (χ1n) is 8.90. The Bertz CT molecular complexity index is 775. The molecule has 5 heteroatoms. The molecule has 1 heterocycles. The van der Waals surface area contributed by atoms with E-state index in [9.17, 15) is 9.90 Å². The number of hydrogen-bond donors (Lipinski definition) is 1. The van der Waals surface area contributed by atoms with Crippen LogP contribution >= 0.6 is 15.9 Å². The quantitative estimate of drug-likeness (QED) is 0.759. The van der Waals surface area contributed by atoms with Crippen molar-refractivity contribution in [3.8, 4) is 5.75 Å². The van der Waals surface area contributed by atoms with Crippen LogP contribution in [0.5, 0.6) is 5.75 Å². The fourth-order valence-electron chi connectivity index (χ4n) is 3.75. The first-order valence-corrected chi connectivity index (χ1v) is 9.69. The van der Waals surface area contributed by atoms with Gasteiger partial charge in [0.05, 0.1) is 13.2 Å². The van der Waals surface area contributed by atoms with Gasteiger partial charge in [0.15, 0.2) is 0 Å². The van der Waals surface area contributed by atoms with Crippen molar-refractivity contribution in [2.45, 2.75) is 38.3 Å². The molecule has 0 saturated carbocycles. The van der Waals surface area contributed by atoms with E-state index in [2.05, 4.69) is 52.0 Å². The van der Waals surface area contributed by atoms with Crippen molar-refractivity contribution in [2.24, 2.45) is 0 Å². The molecule has 1 fully saturated rings. The number of carboxylic acid groups (broad SMARTS) is 1. The van der Waals surface area contributed by atoms with Crippen LogP contribution in [0.25, 0.3) is 0 Å². The van der Waals surface area contributed by atoms with Gasteiger partial charge in [-0.15, -0.1) is 0 Å². The third-order valence-electron chi connectivity index (χ3n) is 5.04. The second-order valence-corrected chi connectivity index (χ2v) is 7.70. The predicted molar refractivity (Wildman–Crippen MR) is 106 cm³/mol. The number of hydrogen-bond acceptors (Lipinski definition) is 3. The van der Waals surface area contributed by atoms with Crippen molar-refractivity contribution in [1.82, 2.24) is 4.90 Å². The van der Waals surface area contributed by atoms with Gasteiger partial charge in [0.1, 0.15) is 11.8 Å². The van der Waals surface area contributed by atoms with E-state index in [1.54, 1.807) is 7.11 Å². The van der Waals surface area contributed by atoms with E-state index in [0.717, 1.165) is 40.7 Å². The molecule has 0 bridgehead atoms. The standard InChI is InChI=1S/C21H24BrNO3/c1-14-6-8-15(9-7-14)20(17-13-16(22)10-11-19(17)26-2)23-12-4-3-5-18(23)21(24)25/h6-11,13,18,20H,3-5,12H2,1-2H3,(H,24,25). The summed E-state index contributed by atoms with van der Waals surface area (Å²) >= 11 is 3.56. The van der Waals surface area contributed by atoms with Crippen molar-refractivity contribution < 1.29 is 14.6 Å². The highest BCUT2D eigenvalue weighted by Gasteiger charge is 2.36. The number of aliphatic carboxylic acids is 1. The summed E-state index contributed by atoms with van der Waals surface area (Å²) in [6, 6.07) is 13.6. The van der Waals surface area contributed by atoms with Gasteiger partial charge in [-0.2, -0.15) is 0 Å². The fourth-order valence-corrected chi connectivity index (χ4v) is 4.12. The van der Waals surface area contributed by atoms with E-state index < -0.39 is 12.0 Å². The first kappa shape index (κ1) is 18.9. The second kappa shape index (κ2) is 8.23. The summed E-state index contributed by atoms with van der Waals surface area (Å²) in [5.74, 6) is 0.0178. The lowest BCUT2D eigenvalue weighted by Gasteiger charge is -2.40. The number of carbonyl (C=O) groups is 1. The Balaban J connectivity index is 2.15. The zero-order valence-electron chi connectivity index (χ0n) is 15.1. The Kier molecular flexibility index (Phi) is 5.99. The number of rotatable bonds is 5. The van der Waals surface area contributed by atoms with Crippen LogP contribution in [0.15, 0.2) is 46.9 Å². The summed E-state index contributed by atoms with van der Waals surface area (Å²) < 4.78 is 6.57. The molecule has 0 radical (unpaired) electrons. The molecular weight excluding hydrogens is 394 g/mol. The van der Waals surface area contributed by atoms with Gasteiger partial charge in [0.2, 0.25) is 0 Å². The van der Waals surface area contributed by atoms with Crippen molar-refractivity contribution in [3.63, 3.8) is 0 Å². The largest absolute Gasteiger partial charge is 0.496 e. The average Bonchev–Trinajstić information content (AvgIpc) is 2.64. The summed E-state index contributed by atoms with van der Waals surface area (Å²) in [6.45, 7) is 2.81. The second-order valence-electron chi connectivity index (χ2n) is 6.79. The van der Waals surface area contributed by atoms with Gasteiger partial charge in [-0.1, -0.05) is 52.2 Å². The highest BCUT2D eigenvalue weighted by atomic mass is 79.9. The van der Waals surface area contributed by atoms with Gasteiger partial charge < -0.3 is 9.84 Å². The summed E-state index contributed by atoms with van der Waals surface area (Å²) in [7, 11) is 1.66. The SMILES string of the molecule is COc1ccc(Br)cc1C(c1ccc(C)cc1)N1CCCCC1C(=O)O. The summed E-state index contributed by atoms with van der Waals surface area (Å²) in [4.78, 5) is 14.0. The molecule has 1 aliphatic heterocycles. The third-order valence-corrected chi connectivity index (χ3v) is 5.53. The topological polar surface area (TPSA) is 49.8 Å². The van der Waals surface area contributed by atoms with Gasteiger partial charge in [0, 0.05) is 10.0 Å². The van der Waals surface area contributed by atoms with E-state index in [-0.39, 0.29) is 6.04 Å². The van der Waals surface area contributed by atoms with Gasteiger partial charge in [-0.25, -0.2) is 0 Å². The molecule has 2 atom stereocenters. The molecule has 3 rings (SSSR count). The van der Waals surface area contributed by atoms with Crippen LogP contribution in [-0.2, 0) is 4.79 Å². The minimum Gasteiger partial charge on any atom is -0.496 e. The van der Waals surface area contributed by atoms with E-state index in [1.807, 2.05) is 18.2 Å². The number of methoxy groups -OCH3 is 1. The molecule has 0 spiro atoms. The van der Waals surface area contributed by atoms with Crippen LogP contribution in [0.2, 0.25) is 0 Å². The molecule has 26 heavy (non-hydrogen) atoms. The Morgan fingerprint density at radius 3 is 2.62 bits per heavy atom. The monoisotopic (exact) mass is 417 g/mol. The Morgan fingerprint density at radius 1 is 1.23 bits per heavy atom. The molecular formula is C21H24BrNO3. The molecule has 0 aliphatic carbocycles. The number of piperidine rings is 1. The number of carboxylic acids is 1. The number of halogens is 1. The lowest BCUT2D eigenvalue weighted by Crippen LogP contribution is -2.46. The molecule has 2 unspecified atom stereocenters. The van der Waals surface area contributed by atoms with Crippen LogP contribution in [0.3, 0.4) is 0 Å². The van der Waals surface area contributed by atoms with E-state index in [0.29, 0.717) is 6.42 Å². The minimum absolute atomic E-state index is 0.163. The van der Waals surface area contributed by atoms with Gasteiger partial charge in [0.25, 0.3) is 0 Å². The highest BCUT2D eigenvalue weighted by Crippen LogP contribution is 2.39. The van der Waals surface area contributed by atoms with Gasteiger partial charge in [-0.05, 0) is 50.1 Å². The number of ether oxygens (including phenoxy) is 1. The van der Waals surface area contributed by atoms with E-state index >= 15 is 0 Å². The van der Waals surface area contributed by atoms with E-state index in [4.69, 9.17) is 4.74 Å². The molecule has 138 valence electrons. The van der Waals surface area contributed by atoms with Crippen LogP contribution in [-0.4, -0.2) is 35.7 Å². The Hall–Kier alpha value is -1.85. The number of nitrogens with zero attached hydrogens (tertiary/aromatic N) is 1. The zero-order chi connectivity index (χ0) is 18.7. The summed E-state index contributed by atoms with van der Waals surface area (Å²) in [5, 5.41) is 9.79. The maximum absolute atomic E-state index is 11.9. The molecule has 1 aliphatic rings. The molecule has 0 amide bonds. The van der Waals surface area contributed by atoms with Crippen LogP contribution in [0, 0.1) is 6.92 Å². The van der Waals surface area contributed by atoms with Crippen molar-refractivity contribution in [3.05, 3.63) is 63.6 Å².